The molecule has 2 N–H and O–H groups in total. The fourth-order valence-electron chi connectivity index (χ4n) is 8.60. The number of oxazole rings is 1. The Balaban J connectivity index is 0.000000227. The molecule has 5 heterocycles. The molecule has 3 aromatic rings. The summed E-state index contributed by atoms with van der Waals surface area (Å²) in [6.07, 6.45) is 6.44. The number of carbonyl (C=O) groups is 4. The van der Waals surface area contributed by atoms with Crippen molar-refractivity contribution in [2.75, 3.05) is 64.8 Å². The standard InChI is InChI=1S/C25H35N3O5.C16H21N3O3.CH4/c1-4-32-24(30)19-5-9-27(10-6-19)20-7-11-28(12-8-20)23(29)17(3)14-18-13-16(2)22-21(15-18)33-25(31)26-22;1-22-16(21)18-9-7-13(8-10-18)19-11-6-12-4-2-3-5-14(12)17-15(19)20;/h13,15,17,19-20H,4-12,14H2,1-3H3,(H,26,31);2-5,13H,6-11H2,1H3,(H,17,20);1H4/t17-;;/m1../s1. The first-order valence-electron chi connectivity index (χ1n) is 19.8. The van der Waals surface area contributed by atoms with Gasteiger partial charge in [-0.25, -0.2) is 14.4 Å². The van der Waals surface area contributed by atoms with Crippen molar-refractivity contribution in [1.82, 2.24) is 24.6 Å². The number of amides is 4. The number of esters is 1. The van der Waals surface area contributed by atoms with Crippen LogP contribution in [0.2, 0.25) is 0 Å². The Morgan fingerprint density at radius 3 is 2.23 bits per heavy atom. The second kappa shape index (κ2) is 19.3. The number of likely N-dealkylation sites (tertiary alicyclic amines) is 3. The highest BCUT2D eigenvalue weighted by Gasteiger charge is 2.34. The number of rotatable bonds is 7. The molecule has 56 heavy (non-hydrogen) atoms. The number of aromatic amines is 1. The number of H-pyrrole nitrogens is 1. The predicted octanol–water partition coefficient (Wildman–Crippen LogP) is 5.82. The Morgan fingerprint density at radius 1 is 0.893 bits per heavy atom. The normalized spacial score (nSPS) is 19.1. The van der Waals surface area contributed by atoms with Crippen molar-refractivity contribution >= 4 is 40.8 Å². The van der Waals surface area contributed by atoms with Gasteiger partial charge in [-0.15, -0.1) is 0 Å². The molecule has 3 saturated heterocycles. The largest absolute Gasteiger partial charge is 0.466 e. The number of hydrogen-bond donors (Lipinski definition) is 2. The van der Waals surface area contributed by atoms with E-state index >= 15 is 0 Å². The molecule has 7 rings (SSSR count). The Morgan fingerprint density at radius 2 is 1.55 bits per heavy atom. The van der Waals surface area contributed by atoms with E-state index in [-0.39, 0.29) is 49.3 Å². The van der Waals surface area contributed by atoms with Gasteiger partial charge in [-0.1, -0.05) is 38.6 Å². The number of nitrogens with one attached hydrogen (secondary N) is 2. The SMILES string of the molecule is C.CCOC(=O)C1CCN(C2CCN(C(=O)[C@H](C)Cc3cc(C)c4[nH]c(=O)oc4c3)CC2)CC1.COC(=O)N1CCC(N2CCc3ccccc3NC2=O)CC1. The summed E-state index contributed by atoms with van der Waals surface area (Å²) < 4.78 is 15.1. The van der Waals surface area contributed by atoms with Gasteiger partial charge in [0.05, 0.1) is 25.2 Å². The lowest BCUT2D eigenvalue weighted by molar-refractivity contribution is -0.150. The van der Waals surface area contributed by atoms with Crippen LogP contribution in [0.15, 0.2) is 45.6 Å². The van der Waals surface area contributed by atoms with Crippen LogP contribution in [-0.2, 0) is 31.9 Å². The summed E-state index contributed by atoms with van der Waals surface area (Å²) in [5.41, 5.74) is 5.29. The van der Waals surface area contributed by atoms with Gasteiger partial charge in [0, 0.05) is 56.4 Å². The number of aryl methyl sites for hydroxylation is 1. The van der Waals surface area contributed by atoms with Gasteiger partial charge >= 0.3 is 23.8 Å². The number of methoxy groups -OCH3 is 1. The first kappa shape index (κ1) is 42.3. The highest BCUT2D eigenvalue weighted by atomic mass is 16.5. The number of hydrogen-bond acceptors (Lipinski definition) is 9. The van der Waals surface area contributed by atoms with E-state index < -0.39 is 5.76 Å². The number of benzene rings is 2. The monoisotopic (exact) mass is 776 g/mol. The molecule has 0 bridgehead atoms. The highest BCUT2D eigenvalue weighted by molar-refractivity contribution is 5.91. The van der Waals surface area contributed by atoms with Gasteiger partial charge in [0.1, 0.15) is 0 Å². The van der Waals surface area contributed by atoms with Crippen LogP contribution >= 0.6 is 0 Å². The van der Waals surface area contributed by atoms with Crippen LogP contribution in [0.1, 0.15) is 76.5 Å². The van der Waals surface area contributed by atoms with Crippen LogP contribution in [0.3, 0.4) is 0 Å². The zero-order chi connectivity index (χ0) is 39.1. The third-order valence-corrected chi connectivity index (χ3v) is 11.7. The van der Waals surface area contributed by atoms with Crippen LogP contribution < -0.4 is 11.1 Å². The molecule has 4 aliphatic heterocycles. The van der Waals surface area contributed by atoms with E-state index in [0.717, 1.165) is 93.5 Å². The molecule has 0 saturated carbocycles. The molecule has 0 radical (unpaired) electrons. The van der Waals surface area contributed by atoms with Gasteiger partial charge in [-0.05, 0) is 107 Å². The predicted molar refractivity (Wildman–Crippen MR) is 215 cm³/mol. The lowest BCUT2D eigenvalue weighted by Gasteiger charge is -2.41. The number of para-hydroxylation sites is 1. The van der Waals surface area contributed by atoms with Crippen molar-refractivity contribution in [2.45, 2.75) is 91.6 Å². The summed E-state index contributed by atoms with van der Waals surface area (Å²) >= 11 is 0. The molecule has 3 fully saturated rings. The number of urea groups is 1. The van der Waals surface area contributed by atoms with Gasteiger partial charge in [0.25, 0.3) is 0 Å². The Bertz CT molecular complexity index is 1870. The van der Waals surface area contributed by atoms with Crippen molar-refractivity contribution in [1.29, 1.82) is 0 Å². The average Bonchev–Trinajstić information content (AvgIpc) is 3.50. The van der Waals surface area contributed by atoms with E-state index in [1.807, 2.05) is 60.9 Å². The Kier molecular flexibility index (Phi) is 14.6. The third-order valence-electron chi connectivity index (χ3n) is 11.7. The van der Waals surface area contributed by atoms with Crippen molar-refractivity contribution in [3.8, 4) is 0 Å². The molecule has 0 spiro atoms. The third kappa shape index (κ3) is 10.1. The summed E-state index contributed by atoms with van der Waals surface area (Å²) in [6, 6.07) is 12.4. The maximum Gasteiger partial charge on any atom is 0.417 e. The average molecular weight is 777 g/mol. The van der Waals surface area contributed by atoms with Gasteiger partial charge in [0.15, 0.2) is 5.58 Å². The van der Waals surface area contributed by atoms with E-state index in [2.05, 4.69) is 21.3 Å². The lowest BCUT2D eigenvalue weighted by atomic mass is 9.92. The number of ether oxygens (including phenoxy) is 2. The second-order valence-electron chi connectivity index (χ2n) is 15.2. The lowest BCUT2D eigenvalue weighted by Crippen LogP contribution is -2.50. The van der Waals surface area contributed by atoms with E-state index in [0.29, 0.717) is 44.3 Å². The second-order valence-corrected chi connectivity index (χ2v) is 15.2. The molecule has 14 heteroatoms. The highest BCUT2D eigenvalue weighted by Crippen LogP contribution is 2.27. The smallest absolute Gasteiger partial charge is 0.417 e. The van der Waals surface area contributed by atoms with Gasteiger partial charge < -0.3 is 38.8 Å². The summed E-state index contributed by atoms with van der Waals surface area (Å²) in [7, 11) is 1.40. The maximum absolute atomic E-state index is 13.1. The molecule has 4 aliphatic rings. The molecule has 1 aromatic heterocycles. The number of carbonyl (C=O) groups excluding carboxylic acids is 4. The fraction of sp³-hybridized carbons (Fsp3) is 0.595. The molecule has 0 unspecified atom stereocenters. The minimum Gasteiger partial charge on any atom is -0.466 e. The molecule has 306 valence electrons. The number of nitrogens with zero attached hydrogens (tertiary/aromatic N) is 4. The van der Waals surface area contributed by atoms with Crippen molar-refractivity contribution < 1.29 is 33.1 Å². The van der Waals surface area contributed by atoms with Crippen LogP contribution in [-0.4, -0.2) is 120 Å². The van der Waals surface area contributed by atoms with Crippen molar-refractivity contribution in [2.24, 2.45) is 11.8 Å². The zero-order valence-corrected chi connectivity index (χ0v) is 32.6. The van der Waals surface area contributed by atoms with E-state index in [1.54, 1.807) is 4.90 Å². The van der Waals surface area contributed by atoms with Crippen LogP contribution in [0.25, 0.3) is 11.1 Å². The topological polar surface area (TPSA) is 158 Å². The molecule has 4 amide bonds. The summed E-state index contributed by atoms with van der Waals surface area (Å²) in [5, 5.41) is 3.00. The molecule has 0 aliphatic carbocycles. The Hall–Kier alpha value is -4.85. The molecule has 2 aromatic carbocycles. The summed E-state index contributed by atoms with van der Waals surface area (Å²) in [5.74, 6) is -0.431. The minimum absolute atomic E-state index is 0. The van der Waals surface area contributed by atoms with E-state index in [9.17, 15) is 24.0 Å². The quantitative estimate of drug-likeness (QED) is 0.283. The zero-order valence-electron chi connectivity index (χ0n) is 32.6. The Labute approximate surface area is 329 Å². The first-order chi connectivity index (χ1) is 26.5. The van der Waals surface area contributed by atoms with E-state index in [1.165, 1.54) is 12.7 Å². The van der Waals surface area contributed by atoms with Gasteiger partial charge in [-0.3, -0.25) is 14.6 Å². The molecular weight excluding hydrogens is 716 g/mol. The van der Waals surface area contributed by atoms with Crippen LogP contribution in [0, 0.1) is 18.8 Å². The van der Waals surface area contributed by atoms with Crippen LogP contribution in [0.4, 0.5) is 15.3 Å². The molecular formula is C42H60N6O8. The summed E-state index contributed by atoms with van der Waals surface area (Å²) in [6.45, 7) is 11.6. The van der Waals surface area contributed by atoms with Crippen LogP contribution in [0.5, 0.6) is 0 Å². The van der Waals surface area contributed by atoms with E-state index in [4.69, 9.17) is 13.9 Å². The first-order valence-corrected chi connectivity index (χ1v) is 19.8. The summed E-state index contributed by atoms with van der Waals surface area (Å²) in [4.78, 5) is 71.3. The van der Waals surface area contributed by atoms with Gasteiger partial charge in [-0.2, -0.15) is 0 Å². The minimum atomic E-state index is -0.456. The molecule has 14 nitrogen and oxygen atoms in total. The van der Waals surface area contributed by atoms with Gasteiger partial charge in [0.2, 0.25) is 5.91 Å². The fourth-order valence-corrected chi connectivity index (χ4v) is 8.60. The number of anilines is 1. The number of piperidine rings is 3. The van der Waals surface area contributed by atoms with Crippen molar-refractivity contribution in [3.63, 3.8) is 0 Å². The number of aromatic nitrogens is 1. The maximum atomic E-state index is 13.1. The van der Waals surface area contributed by atoms with Crippen molar-refractivity contribution in [3.05, 3.63) is 63.6 Å². The number of fused-ring (bicyclic) bond motifs is 2. The molecule has 1 atom stereocenters.